The second-order valence-corrected chi connectivity index (χ2v) is 6.13. The monoisotopic (exact) mass is 311 g/mol. The molecule has 6 heteroatoms. The van der Waals surface area contributed by atoms with E-state index in [4.69, 9.17) is 4.84 Å². The summed E-state index contributed by atoms with van der Waals surface area (Å²) >= 11 is 5.09. The fraction of sp³-hybridized carbons (Fsp3) is 0.273. The maximum absolute atomic E-state index is 5.41. The number of halogens is 1. The first-order valence-corrected chi connectivity index (χ1v) is 6.94. The van der Waals surface area contributed by atoms with Gasteiger partial charge >= 0.3 is 0 Å². The lowest BCUT2D eigenvalue weighted by molar-refractivity contribution is 0.165. The Bertz CT molecular complexity index is 508. The van der Waals surface area contributed by atoms with Crippen molar-refractivity contribution in [3.8, 4) is 10.6 Å². The molecule has 0 aliphatic carbocycles. The van der Waals surface area contributed by atoms with Crippen LogP contribution in [0.25, 0.3) is 10.6 Å². The van der Waals surface area contributed by atoms with E-state index in [2.05, 4.69) is 26.1 Å². The Kier molecular flexibility index (Phi) is 3.09. The van der Waals surface area contributed by atoms with Crippen molar-refractivity contribution < 1.29 is 4.84 Å². The molecule has 0 radical (unpaired) electrons. The van der Waals surface area contributed by atoms with E-state index in [1.165, 1.54) is 0 Å². The molecule has 0 aromatic carbocycles. The van der Waals surface area contributed by atoms with Gasteiger partial charge in [0.2, 0.25) is 0 Å². The Morgan fingerprint density at radius 3 is 2.76 bits per heavy atom. The Morgan fingerprint density at radius 2 is 2.18 bits per heavy atom. The van der Waals surface area contributed by atoms with Gasteiger partial charge in [-0.05, 0) is 46.6 Å². The Labute approximate surface area is 111 Å². The lowest BCUT2D eigenvalue weighted by atomic mass is 10.3. The number of anilines is 1. The fourth-order valence-corrected chi connectivity index (χ4v) is 3.02. The lowest BCUT2D eigenvalue weighted by Crippen LogP contribution is -2.17. The summed E-state index contributed by atoms with van der Waals surface area (Å²) in [6, 6.07) is 7.97. The molecule has 1 fully saturated rings. The Hall–Kier alpha value is -0.980. The molecule has 3 rings (SSSR count). The third-order valence-corrected chi connectivity index (χ3v) is 4.13. The molecule has 0 amide bonds. The van der Waals surface area contributed by atoms with E-state index in [1.54, 1.807) is 16.4 Å². The van der Waals surface area contributed by atoms with Gasteiger partial charge in [-0.25, -0.2) is 5.06 Å². The molecule has 1 aliphatic rings. The highest BCUT2D eigenvalue weighted by Crippen LogP contribution is 2.30. The fourth-order valence-electron chi connectivity index (χ4n) is 1.67. The summed E-state index contributed by atoms with van der Waals surface area (Å²) in [5.74, 6) is 0.780. The van der Waals surface area contributed by atoms with Crippen molar-refractivity contribution in [1.29, 1.82) is 0 Å². The van der Waals surface area contributed by atoms with E-state index in [9.17, 15) is 0 Å². The summed E-state index contributed by atoms with van der Waals surface area (Å²) in [4.78, 5) is 6.52. The SMILES string of the molecule is Brc1ccc(-c2ccc(N3CCCO3)nn2)s1. The Morgan fingerprint density at radius 1 is 1.24 bits per heavy atom. The van der Waals surface area contributed by atoms with Gasteiger partial charge in [-0.15, -0.1) is 21.5 Å². The first-order chi connectivity index (χ1) is 8.33. The van der Waals surface area contributed by atoms with Crippen LogP contribution in [0.3, 0.4) is 0 Å². The molecule has 0 N–H and O–H groups in total. The highest BCUT2D eigenvalue weighted by atomic mass is 79.9. The van der Waals surface area contributed by atoms with E-state index >= 15 is 0 Å². The molecule has 1 aliphatic heterocycles. The predicted molar refractivity (Wildman–Crippen MR) is 71.0 cm³/mol. The molecule has 0 saturated carbocycles. The summed E-state index contributed by atoms with van der Waals surface area (Å²) < 4.78 is 1.10. The van der Waals surface area contributed by atoms with Crippen LogP contribution in [0.1, 0.15) is 6.42 Å². The number of hydrogen-bond donors (Lipinski definition) is 0. The largest absolute Gasteiger partial charge is 0.272 e. The molecule has 0 unspecified atom stereocenters. The van der Waals surface area contributed by atoms with Crippen LogP contribution in [0.4, 0.5) is 5.82 Å². The van der Waals surface area contributed by atoms with Crippen molar-refractivity contribution in [3.63, 3.8) is 0 Å². The lowest BCUT2D eigenvalue weighted by Gasteiger charge is -2.13. The first-order valence-electron chi connectivity index (χ1n) is 5.33. The standard InChI is InChI=1S/C11H10BrN3OS/c12-10-4-3-9(17-10)8-2-5-11(14-13-8)15-6-1-7-16-15/h2-5H,1,6-7H2. The maximum atomic E-state index is 5.41. The van der Waals surface area contributed by atoms with Gasteiger partial charge in [0.25, 0.3) is 0 Å². The van der Waals surface area contributed by atoms with Crippen LogP contribution in [-0.4, -0.2) is 23.3 Å². The van der Waals surface area contributed by atoms with E-state index in [0.29, 0.717) is 0 Å². The van der Waals surface area contributed by atoms with Crippen molar-refractivity contribution in [2.24, 2.45) is 0 Å². The summed E-state index contributed by atoms with van der Waals surface area (Å²) in [5, 5.41) is 10.2. The molecular formula is C11H10BrN3OS. The highest BCUT2D eigenvalue weighted by Gasteiger charge is 2.15. The van der Waals surface area contributed by atoms with Crippen molar-refractivity contribution >= 4 is 33.1 Å². The molecule has 0 atom stereocenters. The zero-order chi connectivity index (χ0) is 11.7. The van der Waals surface area contributed by atoms with Gasteiger partial charge in [0.15, 0.2) is 5.82 Å². The molecule has 2 aromatic heterocycles. The molecule has 0 bridgehead atoms. The smallest absolute Gasteiger partial charge is 0.174 e. The molecule has 1 saturated heterocycles. The number of thiophene rings is 1. The van der Waals surface area contributed by atoms with Crippen LogP contribution in [0.2, 0.25) is 0 Å². The number of hydrogen-bond acceptors (Lipinski definition) is 5. The average molecular weight is 312 g/mol. The predicted octanol–water partition coefficient (Wildman–Crippen LogP) is 3.11. The van der Waals surface area contributed by atoms with Gasteiger partial charge in [0.05, 0.1) is 15.3 Å². The van der Waals surface area contributed by atoms with Crippen LogP contribution in [0.5, 0.6) is 0 Å². The Balaban J connectivity index is 1.84. The number of nitrogens with zero attached hydrogens (tertiary/aromatic N) is 3. The minimum absolute atomic E-state index is 0.765. The van der Waals surface area contributed by atoms with Gasteiger partial charge in [-0.2, -0.15) is 0 Å². The molecule has 2 aromatic rings. The molecule has 88 valence electrons. The van der Waals surface area contributed by atoms with Crippen molar-refractivity contribution in [1.82, 2.24) is 10.2 Å². The summed E-state index contributed by atoms with van der Waals surface area (Å²) in [7, 11) is 0. The van der Waals surface area contributed by atoms with Gasteiger partial charge in [-0.3, -0.25) is 4.84 Å². The van der Waals surface area contributed by atoms with E-state index < -0.39 is 0 Å². The summed E-state index contributed by atoms with van der Waals surface area (Å²) in [6.07, 6.45) is 1.04. The number of hydroxylamine groups is 1. The molecule has 17 heavy (non-hydrogen) atoms. The highest BCUT2D eigenvalue weighted by molar-refractivity contribution is 9.11. The minimum Gasteiger partial charge on any atom is -0.272 e. The number of aromatic nitrogens is 2. The van der Waals surface area contributed by atoms with Crippen LogP contribution in [0, 0.1) is 0 Å². The quantitative estimate of drug-likeness (QED) is 0.854. The minimum atomic E-state index is 0.765. The summed E-state index contributed by atoms with van der Waals surface area (Å²) in [5.41, 5.74) is 0.892. The zero-order valence-corrected chi connectivity index (χ0v) is 11.4. The van der Waals surface area contributed by atoms with Crippen LogP contribution in [0.15, 0.2) is 28.1 Å². The third kappa shape index (κ3) is 2.34. The molecule has 0 spiro atoms. The zero-order valence-electron chi connectivity index (χ0n) is 8.97. The third-order valence-electron chi connectivity index (χ3n) is 2.48. The summed E-state index contributed by atoms with van der Waals surface area (Å²) in [6.45, 7) is 1.65. The van der Waals surface area contributed by atoms with Crippen molar-refractivity contribution in [3.05, 3.63) is 28.1 Å². The number of rotatable bonds is 2. The second-order valence-electron chi connectivity index (χ2n) is 3.67. The maximum Gasteiger partial charge on any atom is 0.174 e. The van der Waals surface area contributed by atoms with Gasteiger partial charge < -0.3 is 0 Å². The average Bonchev–Trinajstić information content (AvgIpc) is 3.00. The van der Waals surface area contributed by atoms with E-state index in [1.807, 2.05) is 24.3 Å². The van der Waals surface area contributed by atoms with Gasteiger partial charge in [0, 0.05) is 6.54 Å². The first kappa shape index (κ1) is 11.1. The van der Waals surface area contributed by atoms with Crippen LogP contribution < -0.4 is 5.06 Å². The van der Waals surface area contributed by atoms with Crippen molar-refractivity contribution in [2.45, 2.75) is 6.42 Å². The topological polar surface area (TPSA) is 38.2 Å². The normalized spacial score (nSPS) is 15.5. The second kappa shape index (κ2) is 4.72. The van der Waals surface area contributed by atoms with E-state index in [0.717, 1.165) is 39.7 Å². The molecular weight excluding hydrogens is 302 g/mol. The molecule has 3 heterocycles. The van der Waals surface area contributed by atoms with Crippen molar-refractivity contribution in [2.75, 3.05) is 18.2 Å². The van der Waals surface area contributed by atoms with Crippen LogP contribution >= 0.6 is 27.3 Å². The van der Waals surface area contributed by atoms with Crippen LogP contribution in [-0.2, 0) is 4.84 Å². The molecule has 4 nitrogen and oxygen atoms in total. The van der Waals surface area contributed by atoms with E-state index in [-0.39, 0.29) is 0 Å². The van der Waals surface area contributed by atoms with Gasteiger partial charge in [-0.1, -0.05) is 0 Å². The van der Waals surface area contributed by atoms with Gasteiger partial charge in [0.1, 0.15) is 5.69 Å².